The molecular weight excluding hydrogens is 372 g/mol. The first-order chi connectivity index (χ1) is 13.5. The molecule has 148 valence electrons. The average molecular weight is 399 g/mol. The Hall–Kier alpha value is -2.05. The molecule has 28 heavy (non-hydrogen) atoms. The highest BCUT2D eigenvalue weighted by molar-refractivity contribution is 7.87. The summed E-state index contributed by atoms with van der Waals surface area (Å²) in [4.78, 5) is 2.37. The van der Waals surface area contributed by atoms with Crippen LogP contribution in [0, 0.1) is 6.92 Å². The van der Waals surface area contributed by atoms with Gasteiger partial charge < -0.3 is 8.75 Å². The second-order valence-corrected chi connectivity index (χ2v) is 9.71. The Morgan fingerprint density at radius 1 is 1.04 bits per heavy atom. The predicted octanol–water partition coefficient (Wildman–Crippen LogP) is 3.66. The highest BCUT2D eigenvalue weighted by Crippen LogP contribution is 2.42. The number of nitrogens with zero attached hydrogens (tertiary/aromatic N) is 2. The third-order valence-corrected chi connectivity index (χ3v) is 7.42. The van der Waals surface area contributed by atoms with E-state index < -0.39 is 10.1 Å². The van der Waals surface area contributed by atoms with Crippen molar-refractivity contribution in [3.05, 3.63) is 58.9 Å². The molecule has 0 radical (unpaired) electrons. The van der Waals surface area contributed by atoms with Gasteiger partial charge in [0.1, 0.15) is 5.75 Å². The van der Waals surface area contributed by atoms with E-state index in [0.717, 1.165) is 61.4 Å². The van der Waals surface area contributed by atoms with Crippen LogP contribution < -0.4 is 0 Å². The molecule has 1 aliphatic carbocycles. The van der Waals surface area contributed by atoms with Crippen LogP contribution in [0.3, 0.4) is 0 Å². The van der Waals surface area contributed by atoms with Crippen LogP contribution in [0.4, 0.5) is 0 Å². The fourth-order valence-electron chi connectivity index (χ4n) is 5.04. The zero-order chi connectivity index (χ0) is 19.3. The maximum Gasteiger partial charge on any atom is 0.311 e. The lowest BCUT2D eigenvalue weighted by Crippen LogP contribution is -2.47. The Labute approximate surface area is 166 Å². The SMILES string of the molecule is Cc1cc2c(n1-c1ccccc1)CCC1=C2OS(=O)(=O)CC1N1CCCCC1. The quantitative estimate of drug-likeness (QED) is 0.725. The van der Waals surface area contributed by atoms with E-state index in [1.54, 1.807) is 0 Å². The van der Waals surface area contributed by atoms with Crippen molar-refractivity contribution in [3.8, 4) is 5.69 Å². The first-order valence-electron chi connectivity index (χ1n) is 10.2. The zero-order valence-corrected chi connectivity index (χ0v) is 17.0. The van der Waals surface area contributed by atoms with Crippen molar-refractivity contribution in [1.29, 1.82) is 0 Å². The first-order valence-corrected chi connectivity index (χ1v) is 11.8. The number of rotatable bonds is 2. The lowest BCUT2D eigenvalue weighted by Gasteiger charge is -2.40. The monoisotopic (exact) mass is 398 g/mol. The molecule has 3 aliphatic rings. The van der Waals surface area contributed by atoms with Crippen LogP contribution in [0.15, 0.2) is 42.0 Å². The van der Waals surface area contributed by atoms with Gasteiger partial charge in [-0.3, -0.25) is 4.90 Å². The van der Waals surface area contributed by atoms with E-state index in [0.29, 0.717) is 5.76 Å². The van der Waals surface area contributed by atoms with E-state index in [4.69, 9.17) is 4.18 Å². The third kappa shape index (κ3) is 2.99. The van der Waals surface area contributed by atoms with Gasteiger partial charge in [0, 0.05) is 22.6 Å². The largest absolute Gasteiger partial charge is 0.382 e. The van der Waals surface area contributed by atoms with Crippen LogP contribution in [-0.4, -0.2) is 42.8 Å². The van der Waals surface area contributed by atoms with Gasteiger partial charge in [-0.15, -0.1) is 0 Å². The van der Waals surface area contributed by atoms with E-state index in [9.17, 15) is 8.42 Å². The average Bonchev–Trinajstić information content (AvgIpc) is 3.04. The third-order valence-electron chi connectivity index (χ3n) is 6.27. The summed E-state index contributed by atoms with van der Waals surface area (Å²) >= 11 is 0. The Balaban J connectivity index is 1.63. The summed E-state index contributed by atoms with van der Waals surface area (Å²) in [6.45, 7) is 4.03. The maximum atomic E-state index is 12.6. The van der Waals surface area contributed by atoms with Gasteiger partial charge in [0.2, 0.25) is 0 Å². The predicted molar refractivity (Wildman–Crippen MR) is 110 cm³/mol. The summed E-state index contributed by atoms with van der Waals surface area (Å²) in [5.74, 6) is 0.681. The molecule has 1 aromatic carbocycles. The molecule has 0 saturated carbocycles. The van der Waals surface area contributed by atoms with Gasteiger partial charge in [0.25, 0.3) is 0 Å². The summed E-state index contributed by atoms with van der Waals surface area (Å²) in [5.41, 5.74) is 5.49. The number of aromatic nitrogens is 1. The second kappa shape index (κ2) is 6.78. The number of aryl methyl sites for hydroxylation is 1. The smallest absolute Gasteiger partial charge is 0.311 e. The Morgan fingerprint density at radius 2 is 1.79 bits per heavy atom. The summed E-state index contributed by atoms with van der Waals surface area (Å²) in [6, 6.07) is 12.3. The zero-order valence-electron chi connectivity index (χ0n) is 16.2. The van der Waals surface area contributed by atoms with E-state index in [-0.39, 0.29) is 11.8 Å². The number of para-hydroxylation sites is 1. The molecule has 1 aromatic heterocycles. The number of hydrogen-bond donors (Lipinski definition) is 0. The normalized spacial score (nSPS) is 24.4. The summed E-state index contributed by atoms with van der Waals surface area (Å²) in [6.07, 6.45) is 5.30. The first kappa shape index (κ1) is 18.0. The molecular formula is C22H26N2O3S. The van der Waals surface area contributed by atoms with Gasteiger partial charge in [-0.2, -0.15) is 8.42 Å². The highest BCUT2D eigenvalue weighted by Gasteiger charge is 2.40. The van der Waals surface area contributed by atoms with Crippen LogP contribution in [0.2, 0.25) is 0 Å². The Morgan fingerprint density at radius 3 is 2.54 bits per heavy atom. The highest BCUT2D eigenvalue weighted by atomic mass is 32.2. The summed E-state index contributed by atoms with van der Waals surface area (Å²) in [5, 5.41) is 0. The van der Waals surface area contributed by atoms with Crippen LogP contribution in [0.1, 0.15) is 42.6 Å². The second-order valence-electron chi connectivity index (χ2n) is 8.09. The molecule has 1 unspecified atom stereocenters. The Bertz CT molecular complexity index is 1030. The van der Waals surface area contributed by atoms with Gasteiger partial charge in [0.15, 0.2) is 5.76 Å². The fraction of sp³-hybridized carbons (Fsp3) is 0.455. The minimum absolute atomic E-state index is 0.0393. The van der Waals surface area contributed by atoms with E-state index in [1.165, 1.54) is 12.0 Å². The standard InChI is InChI=1S/C22H26N2O3S/c1-16-14-19-20(24(16)17-8-4-2-5-9-17)11-10-18-21(23-12-6-3-7-13-23)15-28(25,26)27-22(18)19/h2,4-5,8-9,14,21H,3,6-7,10-13,15H2,1H3. The van der Waals surface area contributed by atoms with Crippen molar-refractivity contribution >= 4 is 15.9 Å². The Kier molecular flexibility index (Phi) is 4.36. The van der Waals surface area contributed by atoms with E-state index in [1.807, 2.05) is 18.2 Å². The molecule has 0 bridgehead atoms. The van der Waals surface area contributed by atoms with E-state index in [2.05, 4.69) is 34.6 Å². The van der Waals surface area contributed by atoms with Crippen molar-refractivity contribution in [3.63, 3.8) is 0 Å². The number of hydrogen-bond acceptors (Lipinski definition) is 4. The molecule has 3 heterocycles. The topological polar surface area (TPSA) is 51.5 Å². The number of piperidine rings is 1. The van der Waals surface area contributed by atoms with E-state index >= 15 is 0 Å². The van der Waals surface area contributed by atoms with Crippen LogP contribution in [-0.2, 0) is 20.7 Å². The number of likely N-dealkylation sites (tertiary alicyclic amines) is 1. The molecule has 2 aromatic rings. The maximum absolute atomic E-state index is 12.6. The molecule has 1 fully saturated rings. The van der Waals surface area contributed by atoms with Crippen molar-refractivity contribution in [1.82, 2.24) is 9.47 Å². The lowest BCUT2D eigenvalue weighted by molar-refractivity contribution is 0.186. The molecule has 6 heteroatoms. The molecule has 5 nitrogen and oxygen atoms in total. The molecule has 0 amide bonds. The van der Waals surface area contributed by atoms with Crippen molar-refractivity contribution < 1.29 is 12.6 Å². The molecule has 0 spiro atoms. The molecule has 1 saturated heterocycles. The molecule has 5 rings (SSSR count). The van der Waals surface area contributed by atoms with Crippen molar-refractivity contribution in [2.75, 3.05) is 18.8 Å². The lowest BCUT2D eigenvalue weighted by atomic mass is 9.89. The van der Waals surface area contributed by atoms with Crippen LogP contribution in [0.25, 0.3) is 11.4 Å². The van der Waals surface area contributed by atoms with Crippen molar-refractivity contribution in [2.45, 2.75) is 45.1 Å². The number of fused-ring (bicyclic) bond motifs is 2. The molecule has 1 atom stereocenters. The van der Waals surface area contributed by atoms with Gasteiger partial charge >= 0.3 is 10.1 Å². The summed E-state index contributed by atoms with van der Waals surface area (Å²) < 4.78 is 33.2. The van der Waals surface area contributed by atoms with Gasteiger partial charge in [0.05, 0.1) is 6.04 Å². The van der Waals surface area contributed by atoms with Gasteiger partial charge in [-0.25, -0.2) is 0 Å². The minimum Gasteiger partial charge on any atom is -0.382 e. The number of benzene rings is 1. The fourth-order valence-corrected chi connectivity index (χ4v) is 6.35. The van der Waals surface area contributed by atoms with Crippen LogP contribution in [0.5, 0.6) is 0 Å². The van der Waals surface area contributed by atoms with Gasteiger partial charge in [-0.05, 0) is 69.5 Å². The van der Waals surface area contributed by atoms with Crippen molar-refractivity contribution in [2.24, 2.45) is 0 Å². The molecule has 0 N–H and O–H groups in total. The van der Waals surface area contributed by atoms with Crippen LogP contribution >= 0.6 is 0 Å². The molecule has 2 aliphatic heterocycles. The van der Waals surface area contributed by atoms with Gasteiger partial charge in [-0.1, -0.05) is 24.6 Å². The minimum atomic E-state index is -3.57. The summed E-state index contributed by atoms with van der Waals surface area (Å²) in [7, 11) is -3.57.